The Morgan fingerprint density at radius 1 is 1.39 bits per heavy atom. The van der Waals surface area contributed by atoms with Crippen molar-refractivity contribution in [3.05, 3.63) is 40.3 Å². The maximum absolute atomic E-state index is 4.28. The predicted molar refractivity (Wildman–Crippen MR) is 78.0 cm³/mol. The van der Waals surface area contributed by atoms with E-state index in [4.69, 9.17) is 0 Å². The summed E-state index contributed by atoms with van der Waals surface area (Å²) in [5, 5.41) is 6.49. The highest BCUT2D eigenvalue weighted by Gasteiger charge is 2.09. The van der Waals surface area contributed by atoms with E-state index in [1.54, 1.807) is 23.1 Å². The van der Waals surface area contributed by atoms with Gasteiger partial charge in [-0.05, 0) is 24.1 Å². The van der Waals surface area contributed by atoms with Gasteiger partial charge >= 0.3 is 0 Å². The Labute approximate surface area is 116 Å². The molecule has 0 saturated heterocycles. The van der Waals surface area contributed by atoms with Gasteiger partial charge in [-0.1, -0.05) is 24.8 Å². The molecule has 0 fully saturated rings. The van der Waals surface area contributed by atoms with Crippen molar-refractivity contribution < 1.29 is 0 Å². The third-order valence-electron chi connectivity index (χ3n) is 2.71. The highest BCUT2D eigenvalue weighted by Crippen LogP contribution is 2.22. The van der Waals surface area contributed by atoms with Gasteiger partial charge in [0.25, 0.3) is 0 Å². The first-order valence-corrected chi connectivity index (χ1v) is 8.05. The largest absolute Gasteiger partial charge is 0.305 e. The minimum atomic E-state index is 0.422. The molecule has 0 radical (unpaired) electrons. The van der Waals surface area contributed by atoms with Crippen LogP contribution in [0.15, 0.2) is 35.1 Å². The van der Waals surface area contributed by atoms with Gasteiger partial charge in [0, 0.05) is 35.4 Å². The van der Waals surface area contributed by atoms with Crippen molar-refractivity contribution >= 4 is 23.1 Å². The van der Waals surface area contributed by atoms with E-state index in [1.165, 1.54) is 4.88 Å². The van der Waals surface area contributed by atoms with E-state index in [9.17, 15) is 0 Å². The third-order valence-corrected chi connectivity index (χ3v) is 4.27. The van der Waals surface area contributed by atoms with Crippen LogP contribution in [0.25, 0.3) is 0 Å². The van der Waals surface area contributed by atoms with Crippen molar-refractivity contribution in [3.8, 4) is 0 Å². The monoisotopic (exact) mass is 279 g/mol. The van der Waals surface area contributed by atoms with E-state index in [1.807, 2.05) is 18.6 Å². The Morgan fingerprint density at radius 2 is 2.17 bits per heavy atom. The summed E-state index contributed by atoms with van der Waals surface area (Å²) in [7, 11) is 0. The molecular weight excluding hydrogens is 262 g/mol. The molecule has 0 aliphatic carbocycles. The van der Waals surface area contributed by atoms with E-state index in [2.05, 4.69) is 39.7 Å². The van der Waals surface area contributed by atoms with Gasteiger partial charge in [0.1, 0.15) is 0 Å². The third kappa shape index (κ3) is 3.54. The summed E-state index contributed by atoms with van der Waals surface area (Å²) in [4.78, 5) is 9.94. The second-order valence-corrected chi connectivity index (χ2v) is 5.69. The van der Waals surface area contributed by atoms with Crippen molar-refractivity contribution in [1.82, 2.24) is 15.3 Å². The second-order valence-electron chi connectivity index (χ2n) is 3.94. The lowest BCUT2D eigenvalue weighted by Crippen LogP contribution is -2.19. The van der Waals surface area contributed by atoms with E-state index < -0.39 is 0 Å². The van der Waals surface area contributed by atoms with Crippen LogP contribution < -0.4 is 5.32 Å². The van der Waals surface area contributed by atoms with Crippen molar-refractivity contribution in [2.24, 2.45) is 0 Å². The molecule has 1 unspecified atom stereocenters. The standard InChI is InChI=1S/C13H17N3S2/c1-3-11(12-5-4-6-18-12)14-7-10-8-15-13(17-2)16-9-10/h4-6,8-9,11,14H,3,7H2,1-2H3. The predicted octanol–water partition coefficient (Wildman–Crippen LogP) is 3.50. The summed E-state index contributed by atoms with van der Waals surface area (Å²) in [6.07, 6.45) is 6.86. The van der Waals surface area contributed by atoms with Crippen LogP contribution >= 0.6 is 23.1 Å². The maximum atomic E-state index is 4.28. The first-order valence-electron chi connectivity index (χ1n) is 5.95. The van der Waals surface area contributed by atoms with Crippen LogP contribution in [0.1, 0.15) is 29.8 Å². The highest BCUT2D eigenvalue weighted by atomic mass is 32.2. The molecule has 3 nitrogen and oxygen atoms in total. The van der Waals surface area contributed by atoms with Crippen LogP contribution in [0, 0.1) is 0 Å². The van der Waals surface area contributed by atoms with Gasteiger partial charge in [-0.2, -0.15) is 0 Å². The Morgan fingerprint density at radius 3 is 2.72 bits per heavy atom. The van der Waals surface area contributed by atoms with Gasteiger partial charge in [0.2, 0.25) is 0 Å². The van der Waals surface area contributed by atoms with Crippen molar-refractivity contribution in [2.45, 2.75) is 31.1 Å². The lowest BCUT2D eigenvalue weighted by molar-refractivity contribution is 0.524. The van der Waals surface area contributed by atoms with Crippen LogP contribution in [0.3, 0.4) is 0 Å². The van der Waals surface area contributed by atoms with Crippen LogP contribution in [0.5, 0.6) is 0 Å². The molecule has 0 bridgehead atoms. The molecule has 2 heterocycles. The Kier molecular flexibility index (Phi) is 5.16. The fourth-order valence-electron chi connectivity index (χ4n) is 1.72. The molecule has 18 heavy (non-hydrogen) atoms. The van der Waals surface area contributed by atoms with E-state index in [0.717, 1.165) is 23.7 Å². The topological polar surface area (TPSA) is 37.8 Å². The number of thiophene rings is 1. The molecule has 1 atom stereocenters. The summed E-state index contributed by atoms with van der Waals surface area (Å²) in [6, 6.07) is 4.70. The van der Waals surface area contributed by atoms with Crippen molar-refractivity contribution in [2.75, 3.05) is 6.26 Å². The number of nitrogens with zero attached hydrogens (tertiary/aromatic N) is 2. The summed E-state index contributed by atoms with van der Waals surface area (Å²) >= 11 is 3.36. The molecule has 96 valence electrons. The van der Waals surface area contributed by atoms with E-state index >= 15 is 0 Å². The normalized spacial score (nSPS) is 12.6. The van der Waals surface area contributed by atoms with Gasteiger partial charge in [0.15, 0.2) is 5.16 Å². The number of rotatable bonds is 6. The number of aromatic nitrogens is 2. The minimum absolute atomic E-state index is 0.422. The maximum Gasteiger partial charge on any atom is 0.187 e. The molecule has 0 spiro atoms. The average molecular weight is 279 g/mol. The Balaban J connectivity index is 1.93. The van der Waals surface area contributed by atoms with Crippen LogP contribution in [0.4, 0.5) is 0 Å². The molecule has 2 rings (SSSR count). The van der Waals surface area contributed by atoms with Crippen LogP contribution in [-0.4, -0.2) is 16.2 Å². The molecular formula is C13H17N3S2. The fourth-order valence-corrected chi connectivity index (χ4v) is 2.92. The average Bonchev–Trinajstić information content (AvgIpc) is 2.94. The first kappa shape index (κ1) is 13.5. The first-order chi connectivity index (χ1) is 8.83. The number of hydrogen-bond acceptors (Lipinski definition) is 5. The molecule has 0 saturated carbocycles. The number of thioether (sulfide) groups is 1. The molecule has 5 heteroatoms. The Bertz CT molecular complexity index is 454. The quantitative estimate of drug-likeness (QED) is 0.649. The molecule has 0 aromatic carbocycles. The molecule has 0 aliphatic heterocycles. The molecule has 0 amide bonds. The molecule has 0 aliphatic rings. The van der Waals surface area contributed by atoms with Gasteiger partial charge in [-0.15, -0.1) is 11.3 Å². The van der Waals surface area contributed by atoms with Crippen LogP contribution in [-0.2, 0) is 6.54 Å². The number of hydrogen-bond donors (Lipinski definition) is 1. The van der Waals surface area contributed by atoms with Gasteiger partial charge < -0.3 is 5.32 Å². The zero-order chi connectivity index (χ0) is 12.8. The zero-order valence-electron chi connectivity index (χ0n) is 10.6. The van der Waals surface area contributed by atoms with Gasteiger partial charge in [0.05, 0.1) is 0 Å². The summed E-state index contributed by atoms with van der Waals surface area (Å²) in [5.41, 5.74) is 1.13. The second kappa shape index (κ2) is 6.87. The summed E-state index contributed by atoms with van der Waals surface area (Å²) < 4.78 is 0. The Hall–Kier alpha value is -0.910. The molecule has 2 aromatic heterocycles. The lowest BCUT2D eigenvalue weighted by atomic mass is 10.2. The smallest absolute Gasteiger partial charge is 0.187 e. The fraction of sp³-hybridized carbons (Fsp3) is 0.385. The van der Waals surface area contributed by atoms with Crippen molar-refractivity contribution in [1.29, 1.82) is 0 Å². The summed E-state index contributed by atoms with van der Waals surface area (Å²) in [6.45, 7) is 3.01. The van der Waals surface area contributed by atoms with E-state index in [0.29, 0.717) is 6.04 Å². The molecule has 1 N–H and O–H groups in total. The van der Waals surface area contributed by atoms with Crippen LogP contribution in [0.2, 0.25) is 0 Å². The van der Waals surface area contributed by atoms with E-state index in [-0.39, 0.29) is 0 Å². The van der Waals surface area contributed by atoms with Gasteiger partial charge in [-0.3, -0.25) is 0 Å². The minimum Gasteiger partial charge on any atom is -0.305 e. The van der Waals surface area contributed by atoms with Crippen molar-refractivity contribution in [3.63, 3.8) is 0 Å². The highest BCUT2D eigenvalue weighted by molar-refractivity contribution is 7.98. The molecule has 2 aromatic rings. The van der Waals surface area contributed by atoms with Gasteiger partial charge in [-0.25, -0.2) is 9.97 Å². The lowest BCUT2D eigenvalue weighted by Gasteiger charge is -2.15. The SMILES string of the molecule is CCC(NCc1cnc(SC)nc1)c1cccs1. The number of nitrogens with one attached hydrogen (secondary N) is 1. The zero-order valence-corrected chi connectivity index (χ0v) is 12.2. The summed E-state index contributed by atoms with van der Waals surface area (Å²) in [5.74, 6) is 0.